The molecule has 1 aliphatic carbocycles. The molecule has 5 nitrogen and oxygen atoms in total. The lowest BCUT2D eigenvalue weighted by atomic mass is 9.95. The van der Waals surface area contributed by atoms with E-state index in [4.69, 9.17) is 0 Å². The zero-order valence-corrected chi connectivity index (χ0v) is 11.9. The number of piperazine rings is 1. The van der Waals surface area contributed by atoms with Gasteiger partial charge in [-0.1, -0.05) is 0 Å². The zero-order valence-electron chi connectivity index (χ0n) is 11.1. The van der Waals surface area contributed by atoms with Crippen molar-refractivity contribution in [2.45, 2.75) is 30.1 Å². The van der Waals surface area contributed by atoms with Crippen LogP contribution in [0.2, 0.25) is 0 Å². The van der Waals surface area contributed by atoms with Gasteiger partial charge >= 0.3 is 0 Å². The van der Waals surface area contributed by atoms with Crippen LogP contribution in [0.1, 0.15) is 19.3 Å². The van der Waals surface area contributed by atoms with Crippen molar-refractivity contribution in [3.63, 3.8) is 0 Å². The van der Waals surface area contributed by atoms with E-state index >= 15 is 0 Å². The van der Waals surface area contributed by atoms with E-state index in [1.165, 1.54) is 6.26 Å². The van der Waals surface area contributed by atoms with Crippen molar-refractivity contribution in [2.75, 3.05) is 39.5 Å². The molecule has 2 fully saturated rings. The molecular formula is C12H21N3O2S. The Morgan fingerprint density at radius 2 is 1.89 bits per heavy atom. The minimum Gasteiger partial charge on any atom is -0.304 e. The average molecular weight is 271 g/mol. The lowest BCUT2D eigenvalue weighted by Gasteiger charge is -2.43. The summed E-state index contributed by atoms with van der Waals surface area (Å²) < 4.78 is 23.9. The quantitative estimate of drug-likeness (QED) is 0.712. The van der Waals surface area contributed by atoms with Crippen LogP contribution in [0.15, 0.2) is 0 Å². The van der Waals surface area contributed by atoms with Crippen LogP contribution < -0.4 is 0 Å². The van der Waals surface area contributed by atoms with E-state index in [1.807, 2.05) is 0 Å². The summed E-state index contributed by atoms with van der Waals surface area (Å²) in [5, 5.41) is 9.08. The molecule has 0 aromatic rings. The molecule has 6 heteroatoms. The van der Waals surface area contributed by atoms with E-state index in [1.54, 1.807) is 0 Å². The summed E-state index contributed by atoms with van der Waals surface area (Å²) in [6.07, 6.45) is 3.41. The maximum Gasteiger partial charge on any atom is 0.153 e. The van der Waals surface area contributed by atoms with Crippen molar-refractivity contribution in [1.82, 2.24) is 9.80 Å². The molecule has 0 radical (unpaired) electrons. The molecule has 0 spiro atoms. The fourth-order valence-corrected chi connectivity index (χ4v) is 4.91. The topological polar surface area (TPSA) is 64.4 Å². The molecule has 0 aromatic carbocycles. The Morgan fingerprint density at radius 3 is 2.39 bits per heavy atom. The van der Waals surface area contributed by atoms with Crippen molar-refractivity contribution in [3.05, 3.63) is 0 Å². The molecule has 1 saturated carbocycles. The third kappa shape index (κ3) is 2.27. The van der Waals surface area contributed by atoms with Crippen molar-refractivity contribution in [3.8, 4) is 6.07 Å². The SMILES string of the molecule is CN1CCN(C2(C#N)CCCC2S(C)(=O)=O)CC1. The van der Waals surface area contributed by atoms with Gasteiger partial charge in [-0.15, -0.1) is 0 Å². The number of hydrogen-bond donors (Lipinski definition) is 0. The van der Waals surface area contributed by atoms with Gasteiger partial charge in [0.05, 0.1) is 11.3 Å². The van der Waals surface area contributed by atoms with Crippen LogP contribution in [0.25, 0.3) is 0 Å². The Balaban J connectivity index is 2.28. The molecule has 0 N–H and O–H groups in total. The first kappa shape index (κ1) is 13.8. The van der Waals surface area contributed by atoms with E-state index in [0.29, 0.717) is 12.8 Å². The van der Waals surface area contributed by atoms with Crippen molar-refractivity contribution < 1.29 is 8.42 Å². The van der Waals surface area contributed by atoms with Gasteiger partial charge in [0.2, 0.25) is 0 Å². The second kappa shape index (κ2) is 4.80. The van der Waals surface area contributed by atoms with Crippen LogP contribution in [0.4, 0.5) is 0 Å². The van der Waals surface area contributed by atoms with Gasteiger partial charge in [-0.25, -0.2) is 8.42 Å². The van der Waals surface area contributed by atoms with E-state index < -0.39 is 20.6 Å². The van der Waals surface area contributed by atoms with E-state index in [9.17, 15) is 13.7 Å². The molecule has 1 saturated heterocycles. The van der Waals surface area contributed by atoms with Crippen molar-refractivity contribution in [2.24, 2.45) is 0 Å². The minimum absolute atomic E-state index is 0.515. The predicted molar refractivity (Wildman–Crippen MR) is 69.9 cm³/mol. The molecule has 2 rings (SSSR count). The van der Waals surface area contributed by atoms with Gasteiger partial charge < -0.3 is 4.90 Å². The van der Waals surface area contributed by atoms with Crippen LogP contribution in [-0.4, -0.2) is 68.5 Å². The first-order valence-corrected chi connectivity index (χ1v) is 8.39. The number of sulfone groups is 1. The molecule has 1 heterocycles. The van der Waals surface area contributed by atoms with Crippen LogP contribution in [0.3, 0.4) is 0 Å². The molecular weight excluding hydrogens is 250 g/mol. The molecule has 102 valence electrons. The standard InChI is InChI=1S/C12H21N3O2S/c1-14-6-8-15(9-7-14)12(10-13)5-3-4-11(12)18(2,16)17/h11H,3-9H2,1-2H3. The molecule has 0 bridgehead atoms. The monoisotopic (exact) mass is 271 g/mol. The Bertz CT molecular complexity index is 448. The van der Waals surface area contributed by atoms with Gasteiger partial charge in [-0.2, -0.15) is 5.26 Å². The Morgan fingerprint density at radius 1 is 1.28 bits per heavy atom. The summed E-state index contributed by atoms with van der Waals surface area (Å²) in [7, 11) is -1.11. The third-order valence-corrected chi connectivity index (χ3v) is 5.99. The molecule has 0 aromatic heterocycles. The highest BCUT2D eigenvalue weighted by Gasteiger charge is 2.52. The average Bonchev–Trinajstić information content (AvgIpc) is 2.74. The van der Waals surface area contributed by atoms with Gasteiger partial charge in [0, 0.05) is 32.4 Å². The van der Waals surface area contributed by atoms with Crippen molar-refractivity contribution in [1.29, 1.82) is 5.26 Å². The fraction of sp³-hybridized carbons (Fsp3) is 0.917. The summed E-state index contributed by atoms with van der Waals surface area (Å²) in [6.45, 7) is 3.38. The Kier molecular flexibility index (Phi) is 3.67. The molecule has 2 atom stereocenters. The second-order valence-corrected chi connectivity index (χ2v) is 7.76. The molecule has 0 amide bonds. The number of likely N-dealkylation sites (N-methyl/N-ethyl adjacent to an activating group) is 1. The highest BCUT2D eigenvalue weighted by atomic mass is 32.2. The van der Waals surface area contributed by atoms with E-state index in [-0.39, 0.29) is 0 Å². The van der Waals surface area contributed by atoms with E-state index in [0.717, 1.165) is 32.6 Å². The maximum absolute atomic E-state index is 11.9. The normalized spacial score (nSPS) is 35.5. The van der Waals surface area contributed by atoms with E-state index in [2.05, 4.69) is 22.9 Å². The number of nitriles is 1. The largest absolute Gasteiger partial charge is 0.304 e. The fourth-order valence-electron chi connectivity index (χ4n) is 3.29. The molecule has 2 aliphatic rings. The summed E-state index contributed by atoms with van der Waals surface area (Å²) in [5.41, 5.74) is -0.783. The van der Waals surface area contributed by atoms with Gasteiger partial charge in [-0.05, 0) is 26.3 Å². The van der Waals surface area contributed by atoms with Crippen LogP contribution in [0, 0.1) is 11.3 Å². The predicted octanol–water partition coefficient (Wildman–Crippen LogP) is 0.0933. The second-order valence-electron chi connectivity index (χ2n) is 5.54. The minimum atomic E-state index is -3.16. The van der Waals surface area contributed by atoms with Crippen molar-refractivity contribution >= 4 is 9.84 Å². The lowest BCUT2D eigenvalue weighted by Crippen LogP contribution is -2.60. The van der Waals surface area contributed by atoms with Gasteiger partial charge in [-0.3, -0.25) is 4.90 Å². The highest BCUT2D eigenvalue weighted by molar-refractivity contribution is 7.91. The summed E-state index contributed by atoms with van der Waals surface area (Å²) in [4.78, 5) is 4.32. The maximum atomic E-state index is 11.9. The highest BCUT2D eigenvalue weighted by Crippen LogP contribution is 2.39. The Hall–Kier alpha value is -0.640. The molecule has 1 aliphatic heterocycles. The van der Waals surface area contributed by atoms with Crippen LogP contribution >= 0.6 is 0 Å². The number of rotatable bonds is 2. The summed E-state index contributed by atoms with van der Waals surface area (Å²) in [6, 6.07) is 2.35. The van der Waals surface area contributed by atoms with Gasteiger partial charge in [0.1, 0.15) is 5.54 Å². The number of nitrogens with zero attached hydrogens (tertiary/aromatic N) is 3. The smallest absolute Gasteiger partial charge is 0.153 e. The van der Waals surface area contributed by atoms with Crippen LogP contribution in [0.5, 0.6) is 0 Å². The molecule has 2 unspecified atom stereocenters. The third-order valence-electron chi connectivity index (χ3n) is 4.33. The first-order valence-electron chi connectivity index (χ1n) is 6.44. The summed E-state index contributed by atoms with van der Waals surface area (Å²) >= 11 is 0. The lowest BCUT2D eigenvalue weighted by molar-refractivity contribution is 0.0785. The number of hydrogen-bond acceptors (Lipinski definition) is 5. The van der Waals surface area contributed by atoms with Gasteiger partial charge in [0.25, 0.3) is 0 Å². The zero-order chi connectivity index (χ0) is 13.4. The Labute approximate surface area is 109 Å². The van der Waals surface area contributed by atoms with Gasteiger partial charge in [0.15, 0.2) is 9.84 Å². The molecule has 18 heavy (non-hydrogen) atoms. The first-order chi connectivity index (χ1) is 8.40. The van der Waals surface area contributed by atoms with Crippen LogP contribution in [-0.2, 0) is 9.84 Å². The summed E-state index contributed by atoms with van der Waals surface area (Å²) in [5.74, 6) is 0.